The Balaban J connectivity index is 0.000000333. The van der Waals surface area contributed by atoms with Crippen LogP contribution in [0.15, 0.2) is 30.3 Å². The van der Waals surface area contributed by atoms with Crippen molar-refractivity contribution >= 4 is 6.09 Å². The molecule has 1 aromatic carbocycles. The number of alkyl halides is 3. The minimum absolute atomic E-state index is 0.291. The third-order valence-electron chi connectivity index (χ3n) is 3.76. The molecule has 1 aliphatic carbocycles. The van der Waals surface area contributed by atoms with Gasteiger partial charge in [0.2, 0.25) is 0 Å². The van der Waals surface area contributed by atoms with E-state index in [1.165, 1.54) is 19.3 Å². The Bertz CT molecular complexity index is 492. The quantitative estimate of drug-likeness (QED) is 0.768. The van der Waals surface area contributed by atoms with Gasteiger partial charge in [-0.2, -0.15) is 13.2 Å². The predicted octanol–water partition coefficient (Wildman–Crippen LogP) is 3.11. The lowest BCUT2D eigenvalue weighted by Crippen LogP contribution is -2.40. The Morgan fingerprint density at radius 2 is 1.84 bits per heavy atom. The molecule has 0 heterocycles. The molecule has 142 valence electrons. The van der Waals surface area contributed by atoms with E-state index in [1.807, 2.05) is 30.3 Å². The zero-order chi connectivity index (χ0) is 18.7. The van der Waals surface area contributed by atoms with Crippen LogP contribution in [0.4, 0.5) is 18.0 Å². The van der Waals surface area contributed by atoms with Crippen molar-refractivity contribution in [3.8, 4) is 0 Å². The maximum absolute atomic E-state index is 11.6. The van der Waals surface area contributed by atoms with Gasteiger partial charge in [0.15, 0.2) is 0 Å². The molecule has 0 saturated heterocycles. The van der Waals surface area contributed by atoms with Gasteiger partial charge in [0.1, 0.15) is 12.6 Å². The lowest BCUT2D eigenvalue weighted by molar-refractivity contribution is -0.154. The van der Waals surface area contributed by atoms with E-state index in [-0.39, 0.29) is 6.09 Å². The molecule has 0 aromatic heterocycles. The first kappa shape index (κ1) is 21.2. The monoisotopic (exact) mass is 362 g/mol. The van der Waals surface area contributed by atoms with Crippen LogP contribution in [0.5, 0.6) is 0 Å². The van der Waals surface area contributed by atoms with E-state index in [0.717, 1.165) is 18.4 Å². The second kappa shape index (κ2) is 10.9. The van der Waals surface area contributed by atoms with Crippen LogP contribution in [0.1, 0.15) is 37.7 Å². The predicted molar refractivity (Wildman–Crippen MR) is 87.8 cm³/mol. The summed E-state index contributed by atoms with van der Waals surface area (Å²) >= 11 is 0. The first-order valence-corrected chi connectivity index (χ1v) is 8.23. The third kappa shape index (κ3) is 9.31. The molecule has 0 bridgehead atoms. The van der Waals surface area contributed by atoms with Crippen molar-refractivity contribution in [1.29, 1.82) is 0 Å². The Hall–Kier alpha value is -1.80. The molecule has 0 aliphatic heterocycles. The Labute approximate surface area is 145 Å². The average Bonchev–Trinajstić information content (AvgIpc) is 2.61. The number of rotatable bonds is 4. The van der Waals surface area contributed by atoms with Crippen molar-refractivity contribution in [3.05, 3.63) is 35.9 Å². The van der Waals surface area contributed by atoms with E-state index in [9.17, 15) is 18.0 Å². The van der Waals surface area contributed by atoms with Gasteiger partial charge >= 0.3 is 12.3 Å². The van der Waals surface area contributed by atoms with Crippen LogP contribution in [0, 0.1) is 0 Å². The molecule has 1 aromatic rings. The highest BCUT2D eigenvalue weighted by Crippen LogP contribution is 2.18. The molecular formula is C17H25F3N2O3. The molecule has 2 rings (SSSR count). The minimum Gasteiger partial charge on any atom is -0.445 e. The third-order valence-corrected chi connectivity index (χ3v) is 3.76. The summed E-state index contributed by atoms with van der Waals surface area (Å²) in [6.07, 6.45) is 1.13. The van der Waals surface area contributed by atoms with Crippen LogP contribution < -0.4 is 11.1 Å². The largest absolute Gasteiger partial charge is 0.445 e. The number of hydrogen-bond donors (Lipinski definition) is 3. The van der Waals surface area contributed by atoms with Gasteiger partial charge in [-0.05, 0) is 18.4 Å². The van der Waals surface area contributed by atoms with E-state index >= 15 is 0 Å². The number of carbonyl (C=O) groups excluding carboxylic acids is 1. The normalized spacial score (nSPS) is 16.4. The van der Waals surface area contributed by atoms with Crippen LogP contribution in [0.25, 0.3) is 0 Å². The highest BCUT2D eigenvalue weighted by Gasteiger charge is 2.35. The van der Waals surface area contributed by atoms with Crippen LogP contribution in [-0.2, 0) is 11.3 Å². The molecule has 1 amide bonds. The lowest BCUT2D eigenvalue weighted by Gasteiger charge is -2.22. The summed E-state index contributed by atoms with van der Waals surface area (Å²) in [6.45, 7) is -0.705. The molecule has 25 heavy (non-hydrogen) atoms. The molecular weight excluding hydrogens is 337 g/mol. The maximum Gasteiger partial charge on any atom is 0.407 e. The standard InChI is InChI=1S/C14H19NO2.C3H6F3NO/c16-14(15-13-9-5-2-6-10-13)17-11-12-7-3-1-4-8-12;4-3(5,6)2(7)1-8/h1,3-4,7-8,13H,2,5-6,9-11H2,(H,15,16);2,8H,1,7H2. The molecule has 1 fully saturated rings. The lowest BCUT2D eigenvalue weighted by atomic mass is 9.96. The van der Waals surface area contributed by atoms with Crippen LogP contribution >= 0.6 is 0 Å². The van der Waals surface area contributed by atoms with Gasteiger partial charge in [-0.1, -0.05) is 49.6 Å². The summed E-state index contributed by atoms with van der Waals surface area (Å²) in [7, 11) is 0. The first-order chi connectivity index (χ1) is 11.8. The molecule has 1 unspecified atom stereocenters. The highest BCUT2D eigenvalue weighted by atomic mass is 19.4. The van der Waals surface area contributed by atoms with Gasteiger partial charge in [0.25, 0.3) is 0 Å². The summed E-state index contributed by atoms with van der Waals surface area (Å²) in [5.74, 6) is 0. The minimum atomic E-state index is -4.46. The molecule has 5 nitrogen and oxygen atoms in total. The molecule has 0 radical (unpaired) electrons. The summed E-state index contributed by atoms with van der Waals surface area (Å²) in [5, 5.41) is 10.8. The van der Waals surface area contributed by atoms with E-state index < -0.39 is 18.8 Å². The number of aliphatic hydroxyl groups is 1. The zero-order valence-electron chi connectivity index (χ0n) is 14.0. The van der Waals surface area contributed by atoms with E-state index in [1.54, 1.807) is 0 Å². The van der Waals surface area contributed by atoms with Crippen LogP contribution in [0.2, 0.25) is 0 Å². The average molecular weight is 362 g/mol. The SMILES string of the molecule is NC(CO)C(F)(F)F.O=C(NC1CCCCC1)OCc1ccccc1. The van der Waals surface area contributed by atoms with Crippen molar-refractivity contribution in [2.45, 2.75) is 57.0 Å². The van der Waals surface area contributed by atoms with Crippen molar-refractivity contribution in [2.75, 3.05) is 6.61 Å². The fraction of sp³-hybridized carbons (Fsp3) is 0.588. The van der Waals surface area contributed by atoms with E-state index in [0.29, 0.717) is 12.6 Å². The molecule has 4 N–H and O–H groups in total. The van der Waals surface area contributed by atoms with Gasteiger partial charge < -0.3 is 20.9 Å². The van der Waals surface area contributed by atoms with Gasteiger partial charge in [-0.15, -0.1) is 0 Å². The van der Waals surface area contributed by atoms with Crippen molar-refractivity contribution in [3.63, 3.8) is 0 Å². The molecule has 1 atom stereocenters. The number of carbonyl (C=O) groups is 1. The number of benzene rings is 1. The topological polar surface area (TPSA) is 84.6 Å². The van der Waals surface area contributed by atoms with E-state index in [2.05, 4.69) is 11.1 Å². The van der Waals surface area contributed by atoms with Gasteiger partial charge in [-0.3, -0.25) is 0 Å². The first-order valence-electron chi connectivity index (χ1n) is 8.23. The van der Waals surface area contributed by atoms with Gasteiger partial charge in [0, 0.05) is 6.04 Å². The molecule has 1 saturated carbocycles. The van der Waals surface area contributed by atoms with Crippen molar-refractivity contribution in [2.24, 2.45) is 5.73 Å². The number of alkyl carbamates (subject to hydrolysis) is 1. The fourth-order valence-electron chi connectivity index (χ4n) is 2.28. The zero-order valence-corrected chi connectivity index (χ0v) is 14.0. The maximum atomic E-state index is 11.6. The second-order valence-corrected chi connectivity index (χ2v) is 5.87. The number of halogens is 3. The Morgan fingerprint density at radius 3 is 2.32 bits per heavy atom. The van der Waals surface area contributed by atoms with Crippen LogP contribution in [0.3, 0.4) is 0 Å². The smallest absolute Gasteiger partial charge is 0.407 e. The van der Waals surface area contributed by atoms with Crippen molar-refractivity contribution in [1.82, 2.24) is 5.32 Å². The van der Waals surface area contributed by atoms with Gasteiger partial charge in [0.05, 0.1) is 6.61 Å². The summed E-state index contributed by atoms with van der Waals surface area (Å²) < 4.78 is 38.7. The Kier molecular flexibility index (Phi) is 9.30. The van der Waals surface area contributed by atoms with Crippen molar-refractivity contribution < 1.29 is 27.8 Å². The number of ether oxygens (including phenoxy) is 1. The van der Waals surface area contributed by atoms with Gasteiger partial charge in [-0.25, -0.2) is 4.79 Å². The Morgan fingerprint density at radius 1 is 1.24 bits per heavy atom. The summed E-state index contributed by atoms with van der Waals surface area (Å²) in [5.41, 5.74) is 5.39. The van der Waals surface area contributed by atoms with Crippen LogP contribution in [-0.4, -0.2) is 36.1 Å². The summed E-state index contributed by atoms with van der Waals surface area (Å²) in [4.78, 5) is 11.6. The molecule has 0 spiro atoms. The molecule has 8 heteroatoms. The van der Waals surface area contributed by atoms with E-state index in [4.69, 9.17) is 9.84 Å². The summed E-state index contributed by atoms with van der Waals surface area (Å²) in [6, 6.07) is 7.96. The highest BCUT2D eigenvalue weighted by molar-refractivity contribution is 5.67. The second-order valence-electron chi connectivity index (χ2n) is 5.87. The fourth-order valence-corrected chi connectivity index (χ4v) is 2.28. The number of amides is 1. The number of hydrogen-bond acceptors (Lipinski definition) is 4. The number of aliphatic hydroxyl groups excluding tert-OH is 1. The number of nitrogens with one attached hydrogen (secondary N) is 1. The number of nitrogens with two attached hydrogens (primary N) is 1. The molecule has 1 aliphatic rings.